The number of ether oxygens (including phenoxy) is 1. The summed E-state index contributed by atoms with van der Waals surface area (Å²) < 4.78 is 5.84. The van der Waals surface area contributed by atoms with Gasteiger partial charge < -0.3 is 10.2 Å². The summed E-state index contributed by atoms with van der Waals surface area (Å²) in [6.45, 7) is 11.0. The van der Waals surface area contributed by atoms with Crippen LogP contribution in [0.4, 0.5) is 5.82 Å². The first-order chi connectivity index (χ1) is 9.56. The van der Waals surface area contributed by atoms with Gasteiger partial charge in [0, 0.05) is 30.4 Å². The molecule has 1 aliphatic rings. The molecule has 1 fully saturated rings. The van der Waals surface area contributed by atoms with Gasteiger partial charge in [-0.05, 0) is 27.2 Å². The summed E-state index contributed by atoms with van der Waals surface area (Å²) in [6.07, 6.45) is 0.776. The first-order valence-electron chi connectivity index (χ1n) is 7.26. The van der Waals surface area contributed by atoms with Crippen LogP contribution < -0.4 is 11.3 Å². The Labute approximate surface area is 120 Å². The van der Waals surface area contributed by atoms with Crippen LogP contribution in [0, 0.1) is 6.92 Å². The molecule has 112 valence electrons. The minimum atomic E-state index is -0.0807. The molecule has 2 heterocycles. The maximum atomic E-state index is 5.84. The fraction of sp³-hybridized carbons (Fsp3) is 0.714. The third-order valence-electron chi connectivity index (χ3n) is 3.84. The Morgan fingerprint density at radius 3 is 2.80 bits per heavy atom. The Kier molecular flexibility index (Phi) is 4.91. The molecule has 1 aliphatic heterocycles. The number of rotatable bonds is 4. The predicted octanol–water partition coefficient (Wildman–Crippen LogP) is 1.41. The molecule has 1 aromatic rings. The van der Waals surface area contributed by atoms with Gasteiger partial charge in [-0.3, -0.25) is 4.90 Å². The molecule has 0 amide bonds. The second-order valence-corrected chi connectivity index (χ2v) is 5.44. The van der Waals surface area contributed by atoms with Gasteiger partial charge in [0.05, 0.1) is 6.61 Å². The number of aryl methyl sites for hydroxylation is 1. The standard InChI is InChI=1S/C14H25N5O/c1-5-11-10(4)16-14(17-13(11)18-15)12-8-19(9(2)3)6-7-20-12/h9,12H,5-8,15H2,1-4H3,(H,16,17,18). The van der Waals surface area contributed by atoms with E-state index in [1.807, 2.05) is 6.92 Å². The van der Waals surface area contributed by atoms with Gasteiger partial charge in [0.25, 0.3) is 0 Å². The van der Waals surface area contributed by atoms with Gasteiger partial charge in [0.15, 0.2) is 5.82 Å². The van der Waals surface area contributed by atoms with E-state index in [9.17, 15) is 0 Å². The van der Waals surface area contributed by atoms with Gasteiger partial charge in [-0.25, -0.2) is 15.8 Å². The molecule has 0 radical (unpaired) electrons. The quantitative estimate of drug-likeness (QED) is 0.641. The average Bonchev–Trinajstić information content (AvgIpc) is 2.46. The lowest BCUT2D eigenvalue weighted by Gasteiger charge is -2.35. The molecular formula is C14H25N5O. The third kappa shape index (κ3) is 3.08. The van der Waals surface area contributed by atoms with E-state index in [1.165, 1.54) is 0 Å². The van der Waals surface area contributed by atoms with Crippen LogP contribution in [0.5, 0.6) is 0 Å². The van der Waals surface area contributed by atoms with Crippen LogP contribution >= 0.6 is 0 Å². The van der Waals surface area contributed by atoms with Crippen molar-refractivity contribution in [3.8, 4) is 0 Å². The predicted molar refractivity (Wildman–Crippen MR) is 79.4 cm³/mol. The van der Waals surface area contributed by atoms with Crippen molar-refractivity contribution in [1.29, 1.82) is 0 Å². The minimum Gasteiger partial charge on any atom is -0.368 e. The van der Waals surface area contributed by atoms with E-state index in [1.54, 1.807) is 0 Å². The van der Waals surface area contributed by atoms with E-state index in [0.29, 0.717) is 18.5 Å². The van der Waals surface area contributed by atoms with E-state index in [0.717, 1.165) is 36.6 Å². The number of anilines is 1. The first kappa shape index (κ1) is 15.2. The van der Waals surface area contributed by atoms with E-state index < -0.39 is 0 Å². The largest absolute Gasteiger partial charge is 0.368 e. The van der Waals surface area contributed by atoms with Crippen molar-refractivity contribution in [2.24, 2.45) is 5.84 Å². The smallest absolute Gasteiger partial charge is 0.161 e. The molecule has 0 saturated carbocycles. The summed E-state index contributed by atoms with van der Waals surface area (Å²) in [5.74, 6) is 7.01. The molecule has 1 unspecified atom stereocenters. The van der Waals surface area contributed by atoms with Crippen molar-refractivity contribution in [2.75, 3.05) is 25.1 Å². The molecule has 1 atom stereocenters. The number of morpholine rings is 1. The lowest BCUT2D eigenvalue weighted by Crippen LogP contribution is -2.42. The molecule has 1 saturated heterocycles. The number of hydrogen-bond acceptors (Lipinski definition) is 6. The lowest BCUT2D eigenvalue weighted by atomic mass is 10.1. The molecule has 0 aliphatic carbocycles. The minimum absolute atomic E-state index is 0.0807. The van der Waals surface area contributed by atoms with Crippen LogP contribution in [0.2, 0.25) is 0 Å². The maximum Gasteiger partial charge on any atom is 0.161 e. The summed E-state index contributed by atoms with van der Waals surface area (Å²) in [6, 6.07) is 0.504. The van der Waals surface area contributed by atoms with Crippen LogP contribution in [0.25, 0.3) is 0 Å². The highest BCUT2D eigenvalue weighted by Crippen LogP contribution is 2.24. The molecule has 20 heavy (non-hydrogen) atoms. The summed E-state index contributed by atoms with van der Waals surface area (Å²) in [5, 5.41) is 0. The second kappa shape index (κ2) is 6.47. The molecule has 1 aromatic heterocycles. The highest BCUT2D eigenvalue weighted by Gasteiger charge is 2.26. The highest BCUT2D eigenvalue weighted by atomic mass is 16.5. The van der Waals surface area contributed by atoms with Crippen molar-refractivity contribution in [3.05, 3.63) is 17.1 Å². The molecule has 0 spiro atoms. The molecule has 0 bridgehead atoms. The molecule has 3 N–H and O–H groups in total. The SMILES string of the molecule is CCc1c(C)nc(C2CN(C(C)C)CCO2)nc1NN. The monoisotopic (exact) mass is 279 g/mol. The van der Waals surface area contributed by atoms with Crippen molar-refractivity contribution in [3.63, 3.8) is 0 Å². The topological polar surface area (TPSA) is 76.3 Å². The Bertz CT molecular complexity index is 463. The van der Waals surface area contributed by atoms with E-state index >= 15 is 0 Å². The van der Waals surface area contributed by atoms with E-state index in [4.69, 9.17) is 10.6 Å². The molecular weight excluding hydrogens is 254 g/mol. The molecule has 2 rings (SSSR count). The summed E-state index contributed by atoms with van der Waals surface area (Å²) in [7, 11) is 0. The van der Waals surface area contributed by atoms with Crippen molar-refractivity contribution < 1.29 is 4.74 Å². The number of aromatic nitrogens is 2. The molecule has 6 heteroatoms. The Morgan fingerprint density at radius 1 is 1.45 bits per heavy atom. The number of hydrazine groups is 1. The Hall–Kier alpha value is -1.24. The lowest BCUT2D eigenvalue weighted by molar-refractivity contribution is -0.0443. The number of hydrogen-bond donors (Lipinski definition) is 2. The first-order valence-corrected chi connectivity index (χ1v) is 7.26. The zero-order valence-electron chi connectivity index (χ0n) is 12.8. The van der Waals surface area contributed by atoms with Gasteiger partial charge in [0.2, 0.25) is 0 Å². The van der Waals surface area contributed by atoms with Crippen LogP contribution in [0.1, 0.15) is 44.0 Å². The summed E-state index contributed by atoms with van der Waals surface area (Å²) in [4.78, 5) is 11.5. The maximum absolute atomic E-state index is 5.84. The average molecular weight is 279 g/mol. The third-order valence-corrected chi connectivity index (χ3v) is 3.84. The van der Waals surface area contributed by atoms with Crippen molar-refractivity contribution in [1.82, 2.24) is 14.9 Å². The van der Waals surface area contributed by atoms with Crippen LogP contribution in [-0.2, 0) is 11.2 Å². The number of nitrogens with one attached hydrogen (secondary N) is 1. The Balaban J connectivity index is 2.26. The number of nitrogens with two attached hydrogens (primary N) is 1. The van der Waals surface area contributed by atoms with Gasteiger partial charge >= 0.3 is 0 Å². The zero-order valence-corrected chi connectivity index (χ0v) is 12.8. The van der Waals surface area contributed by atoms with Gasteiger partial charge in [0.1, 0.15) is 11.9 Å². The van der Waals surface area contributed by atoms with Crippen molar-refractivity contribution >= 4 is 5.82 Å². The summed E-state index contributed by atoms with van der Waals surface area (Å²) in [5.41, 5.74) is 4.71. The fourth-order valence-corrected chi connectivity index (χ4v) is 2.60. The van der Waals surface area contributed by atoms with Gasteiger partial charge in [-0.1, -0.05) is 6.92 Å². The van der Waals surface area contributed by atoms with Gasteiger partial charge in [-0.2, -0.15) is 0 Å². The number of nitrogen functional groups attached to an aromatic ring is 1. The Morgan fingerprint density at radius 2 is 2.20 bits per heavy atom. The summed E-state index contributed by atoms with van der Waals surface area (Å²) >= 11 is 0. The second-order valence-electron chi connectivity index (χ2n) is 5.44. The van der Waals surface area contributed by atoms with Gasteiger partial charge in [-0.15, -0.1) is 0 Å². The van der Waals surface area contributed by atoms with Crippen LogP contribution in [-0.4, -0.2) is 40.6 Å². The number of nitrogens with zero attached hydrogens (tertiary/aromatic N) is 3. The van der Waals surface area contributed by atoms with Crippen LogP contribution in [0.3, 0.4) is 0 Å². The zero-order chi connectivity index (χ0) is 14.7. The van der Waals surface area contributed by atoms with Crippen LogP contribution in [0.15, 0.2) is 0 Å². The van der Waals surface area contributed by atoms with Crippen molar-refractivity contribution in [2.45, 2.75) is 46.3 Å². The molecule has 6 nitrogen and oxygen atoms in total. The molecule has 0 aromatic carbocycles. The fourth-order valence-electron chi connectivity index (χ4n) is 2.60. The van der Waals surface area contributed by atoms with E-state index in [-0.39, 0.29) is 6.10 Å². The normalized spacial score (nSPS) is 20.4. The highest BCUT2D eigenvalue weighted by molar-refractivity contribution is 5.45. The van der Waals surface area contributed by atoms with E-state index in [2.05, 4.69) is 41.1 Å².